The number of furan rings is 1. The Morgan fingerprint density at radius 1 is 1.17 bits per heavy atom. The number of hydrogen-bond acceptors (Lipinski definition) is 2. The number of aromatic nitrogens is 2. The normalized spacial score (nSPS) is 15.7. The summed E-state index contributed by atoms with van der Waals surface area (Å²) in [7, 11) is 0. The molecule has 0 bridgehead atoms. The number of imidazole rings is 1. The van der Waals surface area contributed by atoms with Crippen LogP contribution in [0.2, 0.25) is 0 Å². The van der Waals surface area contributed by atoms with Gasteiger partial charge in [0.1, 0.15) is 5.76 Å². The van der Waals surface area contributed by atoms with Crippen LogP contribution in [-0.4, -0.2) is 9.55 Å². The van der Waals surface area contributed by atoms with Gasteiger partial charge in [-0.15, -0.1) is 0 Å². The largest absolute Gasteiger partial charge is 0.469 e. The van der Waals surface area contributed by atoms with E-state index < -0.39 is 0 Å². The summed E-state index contributed by atoms with van der Waals surface area (Å²) >= 11 is 0. The lowest BCUT2D eigenvalue weighted by Crippen LogP contribution is -2.08. The quantitative estimate of drug-likeness (QED) is 0.625. The van der Waals surface area contributed by atoms with Crippen molar-refractivity contribution in [2.45, 2.75) is 44.6 Å². The molecule has 118 valence electrons. The second-order valence-corrected chi connectivity index (χ2v) is 6.49. The first-order chi connectivity index (χ1) is 11.3. The Morgan fingerprint density at radius 3 is 2.70 bits per heavy atom. The fraction of sp³-hybridized carbons (Fsp3) is 0.350. The van der Waals surface area contributed by atoms with Crippen LogP contribution < -0.4 is 0 Å². The van der Waals surface area contributed by atoms with E-state index in [9.17, 15) is 0 Å². The van der Waals surface area contributed by atoms with Crippen LogP contribution in [0.4, 0.5) is 0 Å². The zero-order chi connectivity index (χ0) is 15.6. The lowest BCUT2D eigenvalue weighted by molar-refractivity contribution is 0.445. The molecule has 0 spiro atoms. The molecule has 23 heavy (non-hydrogen) atoms. The van der Waals surface area contributed by atoms with Gasteiger partial charge >= 0.3 is 0 Å². The smallest absolute Gasteiger partial charge is 0.103 e. The van der Waals surface area contributed by atoms with Gasteiger partial charge in [-0.2, -0.15) is 0 Å². The first-order valence-electron chi connectivity index (χ1n) is 8.47. The molecule has 1 unspecified atom stereocenters. The highest BCUT2D eigenvalue weighted by atomic mass is 16.3. The van der Waals surface area contributed by atoms with Crippen LogP contribution in [0.25, 0.3) is 11.3 Å². The molecule has 4 rings (SSSR count). The summed E-state index contributed by atoms with van der Waals surface area (Å²) in [5, 5.41) is 0. The van der Waals surface area contributed by atoms with E-state index in [2.05, 4.69) is 47.9 Å². The third kappa shape index (κ3) is 2.96. The van der Waals surface area contributed by atoms with Crippen LogP contribution >= 0.6 is 0 Å². The molecule has 1 aliphatic rings. The highest BCUT2D eigenvalue weighted by Crippen LogP contribution is 2.45. The number of nitrogens with zero attached hydrogens (tertiary/aromatic N) is 2. The van der Waals surface area contributed by atoms with E-state index in [0.29, 0.717) is 12.0 Å². The Bertz CT molecular complexity index is 754. The minimum absolute atomic E-state index is 0.431. The predicted octanol–water partition coefficient (Wildman–Crippen LogP) is 5.21. The van der Waals surface area contributed by atoms with E-state index in [4.69, 9.17) is 9.40 Å². The van der Waals surface area contributed by atoms with Crippen LogP contribution in [0.5, 0.6) is 0 Å². The molecule has 1 saturated carbocycles. The summed E-state index contributed by atoms with van der Waals surface area (Å²) in [4.78, 5) is 4.75. The Balaban J connectivity index is 1.60. The molecule has 0 amide bonds. The molecule has 2 aromatic heterocycles. The first-order valence-corrected chi connectivity index (χ1v) is 8.47. The fourth-order valence-corrected chi connectivity index (χ4v) is 3.25. The van der Waals surface area contributed by atoms with Crippen molar-refractivity contribution in [3.63, 3.8) is 0 Å². The van der Waals surface area contributed by atoms with Crippen LogP contribution in [0, 0.1) is 0 Å². The molecule has 0 radical (unpaired) electrons. The number of hydrogen-bond donors (Lipinski definition) is 0. The van der Waals surface area contributed by atoms with Gasteiger partial charge in [0.2, 0.25) is 0 Å². The van der Waals surface area contributed by atoms with Gasteiger partial charge in [-0.25, -0.2) is 4.98 Å². The van der Waals surface area contributed by atoms with Gasteiger partial charge < -0.3 is 8.98 Å². The topological polar surface area (TPSA) is 31.0 Å². The van der Waals surface area contributed by atoms with E-state index in [1.807, 2.05) is 12.4 Å². The molecule has 1 fully saturated rings. The summed E-state index contributed by atoms with van der Waals surface area (Å²) in [6.07, 6.45) is 8.39. The first kappa shape index (κ1) is 14.3. The predicted molar refractivity (Wildman–Crippen MR) is 91.4 cm³/mol. The molecular formula is C20H22N2O. The second kappa shape index (κ2) is 6.07. The molecule has 3 nitrogen and oxygen atoms in total. The lowest BCUT2D eigenvalue weighted by Gasteiger charge is -2.17. The lowest BCUT2D eigenvalue weighted by atomic mass is 10.1. The van der Waals surface area contributed by atoms with Crippen LogP contribution in [0.3, 0.4) is 0 Å². The Morgan fingerprint density at radius 2 is 2.00 bits per heavy atom. The Labute approximate surface area is 137 Å². The summed E-state index contributed by atoms with van der Waals surface area (Å²) in [6, 6.07) is 15.0. The van der Waals surface area contributed by atoms with Gasteiger partial charge in [-0.3, -0.25) is 0 Å². The van der Waals surface area contributed by atoms with Gasteiger partial charge in [-0.1, -0.05) is 30.3 Å². The van der Waals surface area contributed by atoms with Gasteiger partial charge in [0, 0.05) is 29.6 Å². The summed E-state index contributed by atoms with van der Waals surface area (Å²) < 4.78 is 7.85. The van der Waals surface area contributed by atoms with Crippen molar-refractivity contribution in [3.05, 3.63) is 66.5 Å². The fourth-order valence-electron chi connectivity index (χ4n) is 3.25. The minimum Gasteiger partial charge on any atom is -0.469 e. The minimum atomic E-state index is 0.431. The summed E-state index contributed by atoms with van der Waals surface area (Å²) in [5.41, 5.74) is 3.81. The average molecular weight is 306 g/mol. The number of rotatable bonds is 6. The Hall–Kier alpha value is -2.29. The van der Waals surface area contributed by atoms with E-state index >= 15 is 0 Å². The van der Waals surface area contributed by atoms with Crippen molar-refractivity contribution >= 4 is 0 Å². The van der Waals surface area contributed by atoms with Crippen molar-refractivity contribution in [3.8, 4) is 11.3 Å². The standard InChI is InChI=1S/C20H22N2O/c1-15(9-12-18-8-5-13-23-18)22-14-21-19(20(22)17-10-11-17)16-6-3-2-4-7-16/h2-8,13-15,17H,9-12H2,1H3. The van der Waals surface area contributed by atoms with E-state index in [-0.39, 0.29) is 0 Å². The summed E-state index contributed by atoms with van der Waals surface area (Å²) in [6.45, 7) is 2.28. The number of aryl methyl sites for hydroxylation is 1. The molecule has 3 heteroatoms. The molecule has 0 N–H and O–H groups in total. The van der Waals surface area contributed by atoms with Crippen molar-refractivity contribution in [1.82, 2.24) is 9.55 Å². The molecule has 2 heterocycles. The van der Waals surface area contributed by atoms with Crippen LogP contribution in [0.1, 0.15) is 49.6 Å². The average Bonchev–Trinajstić information content (AvgIpc) is 3.12. The van der Waals surface area contributed by atoms with Crippen molar-refractivity contribution < 1.29 is 4.42 Å². The van der Waals surface area contributed by atoms with Crippen LogP contribution in [0.15, 0.2) is 59.5 Å². The zero-order valence-corrected chi connectivity index (χ0v) is 13.5. The molecule has 0 aliphatic heterocycles. The second-order valence-electron chi connectivity index (χ2n) is 6.49. The monoisotopic (exact) mass is 306 g/mol. The van der Waals surface area contributed by atoms with E-state index in [1.165, 1.54) is 24.1 Å². The van der Waals surface area contributed by atoms with Crippen molar-refractivity contribution in [1.29, 1.82) is 0 Å². The third-order valence-corrected chi connectivity index (χ3v) is 4.71. The maximum Gasteiger partial charge on any atom is 0.103 e. The molecule has 1 aromatic carbocycles. The molecule has 3 aromatic rings. The Kier molecular flexibility index (Phi) is 3.78. The van der Waals surface area contributed by atoms with Crippen molar-refractivity contribution in [2.24, 2.45) is 0 Å². The van der Waals surface area contributed by atoms with Gasteiger partial charge in [0.25, 0.3) is 0 Å². The van der Waals surface area contributed by atoms with Gasteiger partial charge in [0.05, 0.1) is 18.3 Å². The van der Waals surface area contributed by atoms with Gasteiger partial charge in [0.15, 0.2) is 0 Å². The molecular weight excluding hydrogens is 284 g/mol. The highest BCUT2D eigenvalue weighted by molar-refractivity contribution is 5.63. The SMILES string of the molecule is CC(CCc1ccco1)n1cnc(-c2ccccc2)c1C1CC1. The zero-order valence-electron chi connectivity index (χ0n) is 13.5. The maximum atomic E-state index is 5.46. The third-order valence-electron chi connectivity index (χ3n) is 4.71. The van der Waals surface area contributed by atoms with Gasteiger partial charge in [-0.05, 0) is 38.3 Å². The van der Waals surface area contributed by atoms with Crippen molar-refractivity contribution in [2.75, 3.05) is 0 Å². The van der Waals surface area contributed by atoms with Crippen LogP contribution in [-0.2, 0) is 6.42 Å². The van der Waals surface area contributed by atoms with E-state index in [1.54, 1.807) is 6.26 Å². The molecule has 1 atom stereocenters. The number of benzene rings is 1. The maximum absolute atomic E-state index is 5.46. The summed E-state index contributed by atoms with van der Waals surface area (Å²) in [5.74, 6) is 1.74. The van der Waals surface area contributed by atoms with E-state index in [0.717, 1.165) is 24.3 Å². The molecule has 0 saturated heterocycles. The molecule has 1 aliphatic carbocycles. The highest BCUT2D eigenvalue weighted by Gasteiger charge is 2.31.